The summed E-state index contributed by atoms with van der Waals surface area (Å²) in [6, 6.07) is 9.64. The Morgan fingerprint density at radius 3 is 3.11 bits per heavy atom. The molecule has 0 aliphatic heterocycles. The number of aromatic nitrogens is 2. The molecule has 0 unspecified atom stereocenters. The van der Waals surface area contributed by atoms with Crippen LogP contribution in [0.1, 0.15) is 5.76 Å². The van der Waals surface area contributed by atoms with Gasteiger partial charge in [0, 0.05) is 6.07 Å². The fraction of sp³-hybridized carbons (Fsp3) is 0.154. The highest BCUT2D eigenvalue weighted by Gasteiger charge is 2.05. The van der Waals surface area contributed by atoms with Crippen molar-refractivity contribution in [3.63, 3.8) is 0 Å². The molecule has 0 radical (unpaired) electrons. The number of methoxy groups -OCH3 is 1. The largest absolute Gasteiger partial charge is 0.497 e. The molecule has 3 rings (SSSR count). The highest BCUT2D eigenvalue weighted by Crippen LogP contribution is 2.25. The van der Waals surface area contributed by atoms with Crippen LogP contribution in [0.25, 0.3) is 11.0 Å². The van der Waals surface area contributed by atoms with Crippen molar-refractivity contribution in [1.29, 1.82) is 0 Å². The predicted octanol–water partition coefficient (Wildman–Crippen LogP) is 3.46. The third kappa shape index (κ3) is 2.22. The molecule has 1 N–H and O–H groups in total. The Labute approximate surface area is 108 Å². The zero-order valence-electron chi connectivity index (χ0n) is 9.84. The van der Waals surface area contributed by atoms with E-state index in [-0.39, 0.29) is 0 Å². The number of aromatic amines is 1. The molecule has 0 atom stereocenters. The SMILES string of the molecule is COc1ccc2nc(SCc3ccco3)[nH]c2c1. The van der Waals surface area contributed by atoms with Gasteiger partial charge in [-0.25, -0.2) is 4.98 Å². The number of H-pyrrole nitrogens is 1. The van der Waals surface area contributed by atoms with Gasteiger partial charge in [0.2, 0.25) is 0 Å². The van der Waals surface area contributed by atoms with Gasteiger partial charge < -0.3 is 14.1 Å². The Hall–Kier alpha value is -1.88. The molecule has 3 aromatic rings. The molecular formula is C13H12N2O2S. The lowest BCUT2D eigenvalue weighted by molar-refractivity contribution is 0.415. The zero-order chi connectivity index (χ0) is 12.4. The summed E-state index contributed by atoms with van der Waals surface area (Å²) in [6.07, 6.45) is 1.68. The minimum Gasteiger partial charge on any atom is -0.497 e. The van der Waals surface area contributed by atoms with Gasteiger partial charge in [0.15, 0.2) is 5.16 Å². The lowest BCUT2D eigenvalue weighted by Gasteiger charge is -1.96. The molecular weight excluding hydrogens is 248 g/mol. The number of rotatable bonds is 4. The number of nitrogens with zero attached hydrogens (tertiary/aromatic N) is 1. The first-order chi connectivity index (χ1) is 8.85. The summed E-state index contributed by atoms with van der Waals surface area (Å²) < 4.78 is 10.5. The Morgan fingerprint density at radius 1 is 1.39 bits per heavy atom. The molecule has 2 aromatic heterocycles. The molecule has 92 valence electrons. The van der Waals surface area contributed by atoms with Crippen LogP contribution in [0.2, 0.25) is 0 Å². The topological polar surface area (TPSA) is 51.1 Å². The number of fused-ring (bicyclic) bond motifs is 1. The predicted molar refractivity (Wildman–Crippen MR) is 70.9 cm³/mol. The van der Waals surface area contributed by atoms with Gasteiger partial charge in [-0.1, -0.05) is 11.8 Å². The third-order valence-electron chi connectivity index (χ3n) is 2.60. The molecule has 1 aromatic carbocycles. The molecule has 2 heterocycles. The molecule has 0 spiro atoms. The highest BCUT2D eigenvalue weighted by molar-refractivity contribution is 7.98. The first-order valence-corrected chi connectivity index (χ1v) is 6.52. The fourth-order valence-corrected chi connectivity index (χ4v) is 2.48. The van der Waals surface area contributed by atoms with Crippen LogP contribution in [-0.2, 0) is 5.75 Å². The minimum absolute atomic E-state index is 0.768. The van der Waals surface area contributed by atoms with E-state index in [1.807, 2.05) is 30.3 Å². The monoisotopic (exact) mass is 260 g/mol. The average molecular weight is 260 g/mol. The number of hydrogen-bond donors (Lipinski definition) is 1. The van der Waals surface area contributed by atoms with E-state index >= 15 is 0 Å². The number of thioether (sulfide) groups is 1. The van der Waals surface area contributed by atoms with Crippen LogP contribution < -0.4 is 4.74 Å². The number of nitrogens with one attached hydrogen (secondary N) is 1. The van der Waals surface area contributed by atoms with E-state index in [1.165, 1.54) is 0 Å². The number of furan rings is 1. The second-order valence-corrected chi connectivity index (χ2v) is 4.76. The Bertz CT molecular complexity index is 646. The highest BCUT2D eigenvalue weighted by atomic mass is 32.2. The van der Waals surface area contributed by atoms with Crippen molar-refractivity contribution < 1.29 is 9.15 Å². The summed E-state index contributed by atoms with van der Waals surface area (Å²) in [4.78, 5) is 7.76. The molecule has 5 heteroatoms. The standard InChI is InChI=1S/C13H12N2O2S/c1-16-9-4-5-11-12(7-9)15-13(14-11)18-8-10-3-2-6-17-10/h2-7H,8H2,1H3,(H,14,15). The van der Waals surface area contributed by atoms with Crippen LogP contribution in [-0.4, -0.2) is 17.1 Å². The first kappa shape index (κ1) is 11.2. The van der Waals surface area contributed by atoms with Crippen molar-refractivity contribution in [2.75, 3.05) is 7.11 Å². The maximum absolute atomic E-state index is 5.28. The smallest absolute Gasteiger partial charge is 0.166 e. The van der Waals surface area contributed by atoms with Gasteiger partial charge in [-0.2, -0.15) is 0 Å². The Kier molecular flexibility index (Phi) is 2.98. The van der Waals surface area contributed by atoms with E-state index in [4.69, 9.17) is 9.15 Å². The van der Waals surface area contributed by atoms with Crippen molar-refractivity contribution in [1.82, 2.24) is 9.97 Å². The maximum Gasteiger partial charge on any atom is 0.166 e. The lowest BCUT2D eigenvalue weighted by Crippen LogP contribution is -1.81. The van der Waals surface area contributed by atoms with E-state index in [0.717, 1.165) is 33.5 Å². The maximum atomic E-state index is 5.28. The van der Waals surface area contributed by atoms with Crippen molar-refractivity contribution >= 4 is 22.8 Å². The van der Waals surface area contributed by atoms with E-state index in [2.05, 4.69) is 9.97 Å². The third-order valence-corrected chi connectivity index (χ3v) is 3.49. The van der Waals surface area contributed by atoms with Crippen molar-refractivity contribution in [2.24, 2.45) is 0 Å². The van der Waals surface area contributed by atoms with Gasteiger partial charge in [0.1, 0.15) is 11.5 Å². The minimum atomic E-state index is 0.768. The van der Waals surface area contributed by atoms with Gasteiger partial charge in [-0.15, -0.1) is 0 Å². The van der Waals surface area contributed by atoms with Crippen LogP contribution in [0.5, 0.6) is 5.75 Å². The summed E-state index contributed by atoms with van der Waals surface area (Å²) in [5.41, 5.74) is 1.93. The Balaban J connectivity index is 1.80. The van der Waals surface area contributed by atoms with E-state index in [0.29, 0.717) is 0 Å². The second-order valence-electron chi connectivity index (χ2n) is 3.79. The van der Waals surface area contributed by atoms with Crippen molar-refractivity contribution in [2.45, 2.75) is 10.9 Å². The average Bonchev–Trinajstić information content (AvgIpc) is 3.04. The molecule has 0 saturated heterocycles. The van der Waals surface area contributed by atoms with Gasteiger partial charge in [-0.3, -0.25) is 0 Å². The summed E-state index contributed by atoms with van der Waals surface area (Å²) in [5.74, 6) is 2.54. The quantitative estimate of drug-likeness (QED) is 0.730. The normalized spacial score (nSPS) is 10.9. The molecule has 0 fully saturated rings. The summed E-state index contributed by atoms with van der Waals surface area (Å²) >= 11 is 1.62. The molecule has 0 aliphatic carbocycles. The number of benzene rings is 1. The van der Waals surface area contributed by atoms with Crippen LogP contribution in [0.3, 0.4) is 0 Å². The van der Waals surface area contributed by atoms with E-state index < -0.39 is 0 Å². The fourth-order valence-electron chi connectivity index (χ4n) is 1.69. The van der Waals surface area contributed by atoms with Gasteiger partial charge in [0.25, 0.3) is 0 Å². The van der Waals surface area contributed by atoms with Crippen LogP contribution in [0.4, 0.5) is 0 Å². The first-order valence-electron chi connectivity index (χ1n) is 5.54. The van der Waals surface area contributed by atoms with Crippen LogP contribution in [0, 0.1) is 0 Å². The van der Waals surface area contributed by atoms with E-state index in [1.54, 1.807) is 25.1 Å². The second kappa shape index (κ2) is 4.78. The van der Waals surface area contributed by atoms with Crippen molar-refractivity contribution in [3.8, 4) is 5.75 Å². The van der Waals surface area contributed by atoms with Gasteiger partial charge in [-0.05, 0) is 24.3 Å². The van der Waals surface area contributed by atoms with Crippen LogP contribution >= 0.6 is 11.8 Å². The lowest BCUT2D eigenvalue weighted by atomic mass is 10.3. The molecule has 4 nitrogen and oxygen atoms in total. The molecule has 0 aliphatic rings. The van der Waals surface area contributed by atoms with Crippen LogP contribution in [0.15, 0.2) is 46.2 Å². The molecule has 0 amide bonds. The Morgan fingerprint density at radius 2 is 2.33 bits per heavy atom. The number of hydrogen-bond acceptors (Lipinski definition) is 4. The molecule has 0 bridgehead atoms. The number of ether oxygens (including phenoxy) is 1. The van der Waals surface area contributed by atoms with E-state index in [9.17, 15) is 0 Å². The summed E-state index contributed by atoms with van der Waals surface area (Å²) in [5, 5.41) is 0.884. The van der Waals surface area contributed by atoms with Gasteiger partial charge in [0.05, 0.1) is 30.2 Å². The van der Waals surface area contributed by atoms with Crippen molar-refractivity contribution in [3.05, 3.63) is 42.4 Å². The summed E-state index contributed by atoms with van der Waals surface area (Å²) in [7, 11) is 1.66. The number of imidazole rings is 1. The van der Waals surface area contributed by atoms with Gasteiger partial charge >= 0.3 is 0 Å². The zero-order valence-corrected chi connectivity index (χ0v) is 10.7. The molecule has 0 saturated carbocycles. The molecule has 18 heavy (non-hydrogen) atoms. The summed E-state index contributed by atoms with van der Waals surface area (Å²) in [6.45, 7) is 0.